The lowest BCUT2D eigenvalue weighted by atomic mass is 9.95. The topological polar surface area (TPSA) is 58.6 Å². The van der Waals surface area contributed by atoms with Crippen LogP contribution in [0.2, 0.25) is 0 Å². The van der Waals surface area contributed by atoms with Gasteiger partial charge in [0.25, 0.3) is 5.91 Å². The maximum absolute atomic E-state index is 13.4. The van der Waals surface area contributed by atoms with Gasteiger partial charge >= 0.3 is 0 Å². The van der Waals surface area contributed by atoms with Gasteiger partial charge in [-0.15, -0.1) is 0 Å². The summed E-state index contributed by atoms with van der Waals surface area (Å²) in [5.41, 5.74) is 3.37. The van der Waals surface area contributed by atoms with Crippen molar-refractivity contribution in [3.63, 3.8) is 0 Å². The van der Waals surface area contributed by atoms with Crippen LogP contribution in [0, 0.1) is 6.92 Å². The van der Waals surface area contributed by atoms with Crippen molar-refractivity contribution in [3.8, 4) is 5.75 Å². The fourth-order valence-corrected chi connectivity index (χ4v) is 4.61. The Balaban J connectivity index is 1.74. The average molecular weight is 465 g/mol. The van der Waals surface area contributed by atoms with Crippen LogP contribution in [0.25, 0.3) is 0 Å². The van der Waals surface area contributed by atoms with Crippen molar-refractivity contribution >= 4 is 11.8 Å². The summed E-state index contributed by atoms with van der Waals surface area (Å²) in [5.74, 6) is 0.862. The van der Waals surface area contributed by atoms with Gasteiger partial charge in [-0.1, -0.05) is 76.4 Å². The van der Waals surface area contributed by atoms with Gasteiger partial charge in [-0.25, -0.2) is 0 Å². The molecule has 1 fully saturated rings. The number of carbonyl (C=O) groups excluding carboxylic acids is 2. The Kier molecular flexibility index (Phi) is 9.55. The summed E-state index contributed by atoms with van der Waals surface area (Å²) in [6, 6.07) is 15.6. The van der Waals surface area contributed by atoms with Crippen molar-refractivity contribution in [2.24, 2.45) is 0 Å². The maximum Gasteiger partial charge on any atom is 0.261 e. The van der Waals surface area contributed by atoms with E-state index in [0.717, 1.165) is 36.8 Å². The van der Waals surface area contributed by atoms with Crippen LogP contribution in [0.5, 0.6) is 5.75 Å². The summed E-state index contributed by atoms with van der Waals surface area (Å²) in [6.45, 7) is 8.58. The second-order valence-corrected chi connectivity index (χ2v) is 9.73. The molecule has 1 saturated carbocycles. The molecule has 1 atom stereocenters. The Bertz CT molecular complexity index is 933. The summed E-state index contributed by atoms with van der Waals surface area (Å²) in [4.78, 5) is 28.4. The van der Waals surface area contributed by atoms with Gasteiger partial charge in [0.15, 0.2) is 6.61 Å². The maximum atomic E-state index is 13.4. The SMILES string of the molecule is CC[C@H](C(=O)NC1CCCCC1)N(Cc1ccccc1C)C(=O)COc1ccc(C(C)C)cc1. The third kappa shape index (κ3) is 7.09. The second kappa shape index (κ2) is 12.6. The zero-order chi connectivity index (χ0) is 24.5. The van der Waals surface area contributed by atoms with Crippen molar-refractivity contribution in [2.45, 2.75) is 90.8 Å². The molecular weight excluding hydrogens is 424 g/mol. The molecule has 34 heavy (non-hydrogen) atoms. The highest BCUT2D eigenvalue weighted by Gasteiger charge is 2.30. The molecule has 2 aromatic carbocycles. The minimum atomic E-state index is -0.527. The zero-order valence-electron chi connectivity index (χ0n) is 21.2. The molecule has 1 aliphatic rings. The summed E-state index contributed by atoms with van der Waals surface area (Å²) in [7, 11) is 0. The number of nitrogens with one attached hydrogen (secondary N) is 1. The van der Waals surface area contributed by atoms with Gasteiger partial charge in [-0.05, 0) is 60.9 Å². The van der Waals surface area contributed by atoms with Crippen LogP contribution in [-0.4, -0.2) is 35.4 Å². The smallest absolute Gasteiger partial charge is 0.261 e. The highest BCUT2D eigenvalue weighted by atomic mass is 16.5. The average Bonchev–Trinajstić information content (AvgIpc) is 2.84. The standard InChI is InChI=1S/C29H40N2O3/c1-5-27(29(33)30-25-13-7-6-8-14-25)31(19-24-12-10-9-11-22(24)4)28(32)20-34-26-17-15-23(16-18-26)21(2)3/h9-12,15-18,21,25,27H,5-8,13-14,19-20H2,1-4H3,(H,30,33)/t27-/m1/s1. The quantitative estimate of drug-likeness (QED) is 0.487. The van der Waals surface area contributed by atoms with Gasteiger partial charge in [0, 0.05) is 12.6 Å². The molecule has 0 spiro atoms. The van der Waals surface area contributed by atoms with Crippen molar-refractivity contribution in [1.29, 1.82) is 0 Å². The lowest BCUT2D eigenvalue weighted by Crippen LogP contribution is -2.52. The van der Waals surface area contributed by atoms with E-state index in [1.807, 2.05) is 62.4 Å². The molecule has 2 amide bonds. The molecule has 1 aliphatic carbocycles. The highest BCUT2D eigenvalue weighted by Crippen LogP contribution is 2.21. The first-order chi connectivity index (χ1) is 16.4. The second-order valence-electron chi connectivity index (χ2n) is 9.73. The van der Waals surface area contributed by atoms with Crippen LogP contribution in [0.3, 0.4) is 0 Å². The molecule has 0 saturated heterocycles. The van der Waals surface area contributed by atoms with Gasteiger partial charge in [0.1, 0.15) is 11.8 Å². The minimum absolute atomic E-state index is 0.0578. The predicted molar refractivity (Wildman–Crippen MR) is 137 cm³/mol. The lowest BCUT2D eigenvalue weighted by Gasteiger charge is -2.33. The van der Waals surface area contributed by atoms with Crippen molar-refractivity contribution in [1.82, 2.24) is 10.2 Å². The van der Waals surface area contributed by atoms with Crippen LogP contribution < -0.4 is 10.1 Å². The van der Waals surface area contributed by atoms with Crippen LogP contribution >= 0.6 is 0 Å². The van der Waals surface area contributed by atoms with Gasteiger partial charge in [0.2, 0.25) is 5.91 Å². The summed E-state index contributed by atoms with van der Waals surface area (Å²) in [6.07, 6.45) is 6.12. The molecule has 1 N–H and O–H groups in total. The molecule has 184 valence electrons. The van der Waals surface area contributed by atoms with Crippen LogP contribution in [0.4, 0.5) is 0 Å². The van der Waals surface area contributed by atoms with Gasteiger partial charge in [-0.2, -0.15) is 0 Å². The van der Waals surface area contributed by atoms with Crippen LogP contribution in [0.1, 0.15) is 81.9 Å². The fraction of sp³-hybridized carbons (Fsp3) is 0.517. The minimum Gasteiger partial charge on any atom is -0.484 e. The van der Waals surface area contributed by atoms with Crippen molar-refractivity contribution < 1.29 is 14.3 Å². The molecule has 5 nitrogen and oxygen atoms in total. The predicted octanol–water partition coefficient (Wildman–Crippen LogP) is 5.75. The highest BCUT2D eigenvalue weighted by molar-refractivity contribution is 5.88. The number of carbonyl (C=O) groups is 2. The molecular formula is C29H40N2O3. The number of hydrogen-bond acceptors (Lipinski definition) is 3. The molecule has 0 bridgehead atoms. The lowest BCUT2D eigenvalue weighted by molar-refractivity contribution is -0.143. The van der Waals surface area contributed by atoms with Crippen molar-refractivity contribution in [3.05, 3.63) is 65.2 Å². The van der Waals surface area contributed by atoms with E-state index in [9.17, 15) is 9.59 Å². The first-order valence-corrected chi connectivity index (χ1v) is 12.8. The molecule has 0 heterocycles. The normalized spacial score (nSPS) is 15.1. The molecule has 2 aromatic rings. The molecule has 5 heteroatoms. The Hall–Kier alpha value is -2.82. The number of hydrogen-bond donors (Lipinski definition) is 1. The summed E-state index contributed by atoms with van der Waals surface area (Å²) in [5, 5.41) is 3.22. The first kappa shape index (κ1) is 25.8. The molecule has 0 aromatic heterocycles. The Morgan fingerprint density at radius 1 is 1.03 bits per heavy atom. The van der Waals surface area contributed by atoms with E-state index in [2.05, 4.69) is 19.2 Å². The zero-order valence-corrected chi connectivity index (χ0v) is 21.2. The van der Waals surface area contributed by atoms with Crippen LogP contribution in [-0.2, 0) is 16.1 Å². The number of amides is 2. The first-order valence-electron chi connectivity index (χ1n) is 12.8. The van der Waals surface area contributed by atoms with Crippen LogP contribution in [0.15, 0.2) is 48.5 Å². The van der Waals surface area contributed by atoms with E-state index >= 15 is 0 Å². The van der Waals surface area contributed by atoms with Crippen molar-refractivity contribution in [2.75, 3.05) is 6.61 Å². The summed E-state index contributed by atoms with van der Waals surface area (Å²) < 4.78 is 5.85. The number of ether oxygens (including phenoxy) is 1. The Morgan fingerprint density at radius 3 is 2.32 bits per heavy atom. The monoisotopic (exact) mass is 464 g/mol. The van der Waals surface area contributed by atoms with E-state index in [1.165, 1.54) is 12.0 Å². The molecule has 0 unspecified atom stereocenters. The largest absolute Gasteiger partial charge is 0.484 e. The van der Waals surface area contributed by atoms with Gasteiger partial charge in [0.05, 0.1) is 0 Å². The Morgan fingerprint density at radius 2 is 1.71 bits per heavy atom. The van der Waals surface area contributed by atoms with E-state index in [1.54, 1.807) is 4.90 Å². The third-order valence-corrected chi connectivity index (χ3v) is 6.85. The van der Waals surface area contributed by atoms with Gasteiger partial charge < -0.3 is 15.0 Å². The number of nitrogens with zero attached hydrogens (tertiary/aromatic N) is 1. The number of benzene rings is 2. The van der Waals surface area contributed by atoms with E-state index in [4.69, 9.17) is 4.74 Å². The van der Waals surface area contributed by atoms with Gasteiger partial charge in [-0.3, -0.25) is 9.59 Å². The summed E-state index contributed by atoms with van der Waals surface area (Å²) >= 11 is 0. The van der Waals surface area contributed by atoms with E-state index in [-0.39, 0.29) is 24.5 Å². The fourth-order valence-electron chi connectivity index (χ4n) is 4.61. The Labute approximate surface area is 204 Å². The third-order valence-electron chi connectivity index (χ3n) is 6.85. The molecule has 0 aliphatic heterocycles. The molecule has 3 rings (SSSR count). The number of aryl methyl sites for hydroxylation is 1. The number of rotatable bonds is 10. The molecule has 0 radical (unpaired) electrons. The van der Waals surface area contributed by atoms with E-state index < -0.39 is 6.04 Å². The van der Waals surface area contributed by atoms with E-state index in [0.29, 0.717) is 24.6 Å².